The zero-order valence-electron chi connectivity index (χ0n) is 13.3. The number of aromatic hydroxyl groups is 1. The third kappa shape index (κ3) is 2.74. The number of aromatic nitrogens is 2. The van der Waals surface area contributed by atoms with Gasteiger partial charge in [-0.2, -0.15) is 0 Å². The molecule has 0 atom stereocenters. The van der Waals surface area contributed by atoms with Crippen molar-refractivity contribution in [2.75, 3.05) is 14.2 Å². The fourth-order valence-corrected chi connectivity index (χ4v) is 2.53. The summed E-state index contributed by atoms with van der Waals surface area (Å²) in [5.74, 6) is 1.53. The zero-order valence-corrected chi connectivity index (χ0v) is 14.1. The van der Waals surface area contributed by atoms with Gasteiger partial charge in [0.2, 0.25) is 0 Å². The molecule has 0 aliphatic heterocycles. The van der Waals surface area contributed by atoms with Crippen molar-refractivity contribution in [3.8, 4) is 17.2 Å². The number of imidazole rings is 1. The number of fused-ring (bicyclic) bond motifs is 1. The Labute approximate surface area is 143 Å². The highest BCUT2D eigenvalue weighted by atomic mass is 35.5. The molecule has 1 N–H and O–H groups in total. The molecule has 2 aromatic heterocycles. The predicted molar refractivity (Wildman–Crippen MR) is 90.3 cm³/mol. The van der Waals surface area contributed by atoms with Crippen LogP contribution >= 0.6 is 11.6 Å². The van der Waals surface area contributed by atoms with Gasteiger partial charge in [0.25, 0.3) is 0 Å². The lowest BCUT2D eigenvalue weighted by Gasteiger charge is -2.08. The van der Waals surface area contributed by atoms with E-state index in [1.807, 2.05) is 0 Å². The minimum absolute atomic E-state index is 0.0767. The SMILES string of the molecule is COc1cc(N=Nc2c(C)nc3c(O)cccn23)c(OC)cc1Cl. The van der Waals surface area contributed by atoms with Gasteiger partial charge < -0.3 is 14.6 Å². The van der Waals surface area contributed by atoms with Crippen molar-refractivity contribution < 1.29 is 14.6 Å². The lowest BCUT2D eigenvalue weighted by Crippen LogP contribution is -1.88. The molecule has 1 aromatic carbocycles. The van der Waals surface area contributed by atoms with Crippen LogP contribution in [0.1, 0.15) is 5.69 Å². The molecule has 3 rings (SSSR count). The molecule has 124 valence electrons. The second kappa shape index (κ2) is 6.37. The van der Waals surface area contributed by atoms with Crippen LogP contribution in [0.2, 0.25) is 5.02 Å². The summed E-state index contributed by atoms with van der Waals surface area (Å²) in [6.45, 7) is 1.79. The van der Waals surface area contributed by atoms with Crippen LogP contribution in [0.5, 0.6) is 17.2 Å². The van der Waals surface area contributed by atoms with E-state index in [-0.39, 0.29) is 5.75 Å². The molecule has 0 amide bonds. The third-order valence-electron chi connectivity index (χ3n) is 3.48. The van der Waals surface area contributed by atoms with Crippen LogP contribution in [0, 0.1) is 6.92 Å². The van der Waals surface area contributed by atoms with E-state index in [0.717, 1.165) is 0 Å². The van der Waals surface area contributed by atoms with Gasteiger partial charge in [0.05, 0.1) is 24.9 Å². The molecule has 0 fully saturated rings. The summed E-state index contributed by atoms with van der Waals surface area (Å²) in [4.78, 5) is 4.30. The smallest absolute Gasteiger partial charge is 0.182 e. The Balaban J connectivity index is 2.09. The number of hydrogen-bond acceptors (Lipinski definition) is 6. The summed E-state index contributed by atoms with van der Waals surface area (Å²) >= 11 is 6.08. The van der Waals surface area contributed by atoms with Crippen LogP contribution in [0.25, 0.3) is 5.65 Å². The standard InChI is InChI=1S/C16H15ClN4O3/c1-9-15(21-6-4-5-12(22)16(21)18-9)20-19-11-8-13(23-2)10(17)7-14(11)24-3/h4-8,22H,1-3H3. The second-order valence-electron chi connectivity index (χ2n) is 4.97. The highest BCUT2D eigenvalue weighted by molar-refractivity contribution is 6.32. The lowest BCUT2D eigenvalue weighted by molar-refractivity contribution is 0.404. The molecule has 2 heterocycles. The van der Waals surface area contributed by atoms with Gasteiger partial charge in [0.1, 0.15) is 17.2 Å². The van der Waals surface area contributed by atoms with Gasteiger partial charge in [0.15, 0.2) is 17.2 Å². The van der Waals surface area contributed by atoms with Crippen LogP contribution in [0.15, 0.2) is 40.7 Å². The summed E-state index contributed by atoms with van der Waals surface area (Å²) in [7, 11) is 3.04. The van der Waals surface area contributed by atoms with Crippen molar-refractivity contribution in [2.24, 2.45) is 10.2 Å². The molecular weight excluding hydrogens is 332 g/mol. The summed E-state index contributed by atoms with van der Waals surface area (Å²) in [5, 5.41) is 18.8. The van der Waals surface area contributed by atoms with Crippen molar-refractivity contribution >= 4 is 28.8 Å². The van der Waals surface area contributed by atoms with E-state index in [9.17, 15) is 5.11 Å². The van der Waals surface area contributed by atoms with Crippen molar-refractivity contribution in [2.45, 2.75) is 6.92 Å². The van der Waals surface area contributed by atoms with Crippen molar-refractivity contribution in [1.29, 1.82) is 0 Å². The maximum atomic E-state index is 9.87. The molecule has 3 aromatic rings. The number of ether oxygens (including phenoxy) is 2. The number of rotatable bonds is 4. The third-order valence-corrected chi connectivity index (χ3v) is 3.77. The van der Waals surface area contributed by atoms with E-state index in [1.54, 1.807) is 41.8 Å². The van der Waals surface area contributed by atoms with Gasteiger partial charge in [-0.3, -0.25) is 4.40 Å². The molecule has 0 aliphatic rings. The molecule has 0 saturated heterocycles. The van der Waals surface area contributed by atoms with Crippen molar-refractivity contribution in [3.05, 3.63) is 41.2 Å². The Morgan fingerprint density at radius 2 is 1.92 bits per heavy atom. The molecular formula is C16H15ClN4O3. The van der Waals surface area contributed by atoms with Crippen LogP contribution in [0.3, 0.4) is 0 Å². The van der Waals surface area contributed by atoms with Crippen LogP contribution < -0.4 is 9.47 Å². The first kappa shape index (κ1) is 16.1. The predicted octanol–water partition coefficient (Wildman–Crippen LogP) is 4.43. The van der Waals surface area contributed by atoms with E-state index in [4.69, 9.17) is 21.1 Å². The first-order chi connectivity index (χ1) is 11.5. The van der Waals surface area contributed by atoms with Gasteiger partial charge >= 0.3 is 0 Å². The lowest BCUT2D eigenvalue weighted by atomic mass is 10.3. The molecule has 0 radical (unpaired) electrons. The summed E-state index contributed by atoms with van der Waals surface area (Å²) in [6, 6.07) is 6.52. The number of methoxy groups -OCH3 is 2. The first-order valence-electron chi connectivity index (χ1n) is 7.05. The monoisotopic (exact) mass is 346 g/mol. The normalized spacial score (nSPS) is 11.3. The van der Waals surface area contributed by atoms with Gasteiger partial charge in [-0.15, -0.1) is 10.2 Å². The van der Waals surface area contributed by atoms with Crippen LogP contribution in [0.4, 0.5) is 11.5 Å². The number of benzene rings is 1. The average Bonchev–Trinajstić information content (AvgIpc) is 2.90. The Hall–Kier alpha value is -2.80. The molecule has 0 aliphatic carbocycles. The molecule has 0 unspecified atom stereocenters. The van der Waals surface area contributed by atoms with E-state index >= 15 is 0 Å². The average molecular weight is 347 g/mol. The number of aryl methyl sites for hydroxylation is 1. The summed E-state index contributed by atoms with van der Waals surface area (Å²) in [5.41, 5.74) is 1.53. The molecule has 0 spiro atoms. The molecule has 0 saturated carbocycles. The van der Waals surface area contributed by atoms with E-state index in [2.05, 4.69) is 15.2 Å². The molecule has 24 heavy (non-hydrogen) atoms. The number of pyridine rings is 1. The van der Waals surface area contributed by atoms with Crippen LogP contribution in [-0.2, 0) is 0 Å². The highest BCUT2D eigenvalue weighted by Crippen LogP contribution is 2.38. The van der Waals surface area contributed by atoms with Crippen molar-refractivity contribution in [1.82, 2.24) is 9.38 Å². The van der Waals surface area contributed by atoms with E-state index < -0.39 is 0 Å². The minimum Gasteiger partial charge on any atom is -0.504 e. The molecule has 8 heteroatoms. The Morgan fingerprint density at radius 3 is 2.62 bits per heavy atom. The Kier molecular flexibility index (Phi) is 4.26. The maximum absolute atomic E-state index is 9.87. The number of hydrogen-bond donors (Lipinski definition) is 1. The first-order valence-corrected chi connectivity index (χ1v) is 7.43. The molecule has 0 bridgehead atoms. The topological polar surface area (TPSA) is 80.7 Å². The number of halogens is 1. The Morgan fingerprint density at radius 1 is 1.17 bits per heavy atom. The summed E-state index contributed by atoms with van der Waals surface area (Å²) < 4.78 is 12.1. The van der Waals surface area contributed by atoms with Gasteiger partial charge in [-0.05, 0) is 19.1 Å². The quantitative estimate of drug-likeness (QED) is 0.708. The number of nitrogens with zero attached hydrogens (tertiary/aromatic N) is 4. The fourth-order valence-electron chi connectivity index (χ4n) is 2.30. The highest BCUT2D eigenvalue weighted by Gasteiger charge is 2.13. The minimum atomic E-state index is 0.0767. The van der Waals surface area contributed by atoms with Gasteiger partial charge in [-0.1, -0.05) is 11.6 Å². The number of azo groups is 1. The van der Waals surface area contributed by atoms with Gasteiger partial charge in [0, 0.05) is 18.3 Å². The van der Waals surface area contributed by atoms with Crippen LogP contribution in [-0.4, -0.2) is 28.7 Å². The molecule has 7 nitrogen and oxygen atoms in total. The van der Waals surface area contributed by atoms with E-state index in [0.29, 0.717) is 39.4 Å². The Bertz CT molecular complexity index is 937. The van der Waals surface area contributed by atoms with Crippen molar-refractivity contribution in [3.63, 3.8) is 0 Å². The zero-order chi connectivity index (χ0) is 17.3. The second-order valence-corrected chi connectivity index (χ2v) is 5.37. The van der Waals surface area contributed by atoms with E-state index in [1.165, 1.54) is 14.2 Å². The largest absolute Gasteiger partial charge is 0.504 e. The summed E-state index contributed by atoms with van der Waals surface area (Å²) in [6.07, 6.45) is 1.75. The van der Waals surface area contributed by atoms with Gasteiger partial charge in [-0.25, -0.2) is 4.98 Å². The fraction of sp³-hybridized carbons (Fsp3) is 0.188. The maximum Gasteiger partial charge on any atom is 0.182 e.